The number of nitrogens with zero attached hydrogens (tertiary/aromatic N) is 2. The molecule has 0 saturated heterocycles. The van der Waals surface area contributed by atoms with Gasteiger partial charge in [0.05, 0.1) is 11.0 Å². The van der Waals surface area contributed by atoms with E-state index in [4.69, 9.17) is 16.7 Å². The van der Waals surface area contributed by atoms with Crippen molar-refractivity contribution in [1.29, 1.82) is 0 Å². The summed E-state index contributed by atoms with van der Waals surface area (Å²) in [4.78, 5) is 7.33. The third-order valence-electron chi connectivity index (χ3n) is 1.46. The third-order valence-corrected chi connectivity index (χ3v) is 2.22. The fraction of sp³-hybridized carbons (Fsp3) is 0.429. The van der Waals surface area contributed by atoms with Crippen LogP contribution in [0, 0.1) is 0 Å². The molecule has 1 rings (SSSR count). The van der Waals surface area contributed by atoms with E-state index < -0.39 is 19.1 Å². The Labute approximate surface area is 97.8 Å². The average Bonchev–Trinajstić information content (AvgIpc) is 2.20. The van der Waals surface area contributed by atoms with Crippen LogP contribution in [0.25, 0.3) is 0 Å². The minimum absolute atomic E-state index is 0.0481. The normalized spacial score (nSPS) is 11.5. The van der Waals surface area contributed by atoms with Crippen LogP contribution in [0.3, 0.4) is 0 Å². The molecule has 0 spiro atoms. The molecule has 0 radical (unpaired) electrons. The molecule has 1 heterocycles. The van der Waals surface area contributed by atoms with Gasteiger partial charge >= 0.3 is 0 Å². The Balaban J connectivity index is 2.69. The highest BCUT2D eigenvalue weighted by Crippen LogP contribution is 2.21. The second-order valence-corrected chi connectivity index (χ2v) is 3.90. The van der Waals surface area contributed by atoms with Crippen LogP contribution < -0.4 is 5.32 Å². The molecule has 0 aliphatic rings. The lowest BCUT2D eigenvalue weighted by atomic mass is 10.3. The van der Waals surface area contributed by atoms with Crippen molar-refractivity contribution in [1.82, 2.24) is 9.97 Å². The zero-order chi connectivity index (χ0) is 11.5. The van der Waals surface area contributed by atoms with Crippen LogP contribution in [0.5, 0.6) is 0 Å². The molecule has 0 aliphatic carbocycles. The van der Waals surface area contributed by atoms with Crippen molar-refractivity contribution in [3.63, 3.8) is 0 Å². The van der Waals surface area contributed by atoms with Crippen molar-refractivity contribution < 1.29 is 13.9 Å². The topological polar surface area (TPSA) is 58.0 Å². The summed E-state index contributed by atoms with van der Waals surface area (Å²) in [5, 5.41) is 10.6. The van der Waals surface area contributed by atoms with Gasteiger partial charge in [-0.2, -0.15) is 4.98 Å². The summed E-state index contributed by atoms with van der Waals surface area (Å²) in [7, 11) is 0. The Morgan fingerprint density at radius 2 is 2.27 bits per heavy atom. The molecule has 0 amide bonds. The van der Waals surface area contributed by atoms with E-state index in [1.807, 2.05) is 0 Å². The van der Waals surface area contributed by atoms with Gasteiger partial charge in [0.1, 0.15) is 12.4 Å². The monoisotopic (exact) mass is 301 g/mol. The molecule has 0 aromatic carbocycles. The lowest BCUT2D eigenvalue weighted by molar-refractivity contribution is -0.0373. The van der Waals surface area contributed by atoms with Crippen LogP contribution in [-0.2, 0) is 0 Å². The fourth-order valence-electron chi connectivity index (χ4n) is 0.739. The highest BCUT2D eigenvalue weighted by molar-refractivity contribution is 9.10. The highest BCUT2D eigenvalue weighted by atomic mass is 79.9. The number of hydrogen-bond acceptors (Lipinski definition) is 4. The van der Waals surface area contributed by atoms with Gasteiger partial charge in [0.15, 0.2) is 0 Å². The maximum absolute atomic E-state index is 12.7. The van der Waals surface area contributed by atoms with Crippen molar-refractivity contribution >= 4 is 33.3 Å². The minimum Gasteiger partial charge on any atom is -0.390 e. The summed E-state index contributed by atoms with van der Waals surface area (Å²) >= 11 is 8.55. The molecular weight excluding hydrogens is 295 g/mol. The van der Waals surface area contributed by atoms with E-state index in [1.165, 1.54) is 6.20 Å². The van der Waals surface area contributed by atoms with Gasteiger partial charge in [-0.1, -0.05) is 0 Å². The van der Waals surface area contributed by atoms with E-state index in [0.29, 0.717) is 4.47 Å². The Kier molecular flexibility index (Phi) is 4.18. The summed E-state index contributed by atoms with van der Waals surface area (Å²) in [6.45, 7) is -1.95. The van der Waals surface area contributed by atoms with Crippen molar-refractivity contribution in [3.8, 4) is 0 Å². The first kappa shape index (κ1) is 12.5. The standard InChI is InChI=1S/C7H7BrClF2N3O/c8-4-1-12-6(9)14-5(4)13-2-7(10,11)3-15/h1,15H,2-3H2,(H,12,13,14). The molecule has 1 aromatic rings. The lowest BCUT2D eigenvalue weighted by Crippen LogP contribution is -2.31. The quantitative estimate of drug-likeness (QED) is 0.835. The van der Waals surface area contributed by atoms with Gasteiger partial charge in [-0.25, -0.2) is 13.8 Å². The molecule has 84 valence electrons. The number of aliphatic hydroxyl groups is 1. The number of nitrogens with one attached hydrogen (secondary N) is 1. The molecule has 8 heteroatoms. The maximum atomic E-state index is 12.7. The second-order valence-electron chi connectivity index (χ2n) is 2.70. The molecule has 15 heavy (non-hydrogen) atoms. The van der Waals surface area contributed by atoms with Crippen LogP contribution in [0.4, 0.5) is 14.6 Å². The first-order valence-corrected chi connectivity index (χ1v) is 5.02. The number of aromatic nitrogens is 2. The molecule has 0 fully saturated rings. The van der Waals surface area contributed by atoms with Gasteiger partial charge in [-0.05, 0) is 27.5 Å². The van der Waals surface area contributed by atoms with Gasteiger partial charge < -0.3 is 10.4 Å². The summed E-state index contributed by atoms with van der Waals surface area (Å²) in [6, 6.07) is 0. The number of halogens is 4. The van der Waals surface area contributed by atoms with Gasteiger partial charge in [0.2, 0.25) is 5.28 Å². The van der Waals surface area contributed by atoms with Crippen molar-refractivity contribution in [3.05, 3.63) is 16.0 Å². The summed E-state index contributed by atoms with van der Waals surface area (Å²) in [5.74, 6) is -3.04. The molecule has 0 atom stereocenters. The predicted molar refractivity (Wildman–Crippen MR) is 55.3 cm³/mol. The van der Waals surface area contributed by atoms with Crippen LogP contribution in [0.1, 0.15) is 0 Å². The number of anilines is 1. The molecule has 2 N–H and O–H groups in total. The summed E-state index contributed by atoms with van der Waals surface area (Å²) < 4.78 is 25.8. The SMILES string of the molecule is OCC(F)(F)CNc1nc(Cl)ncc1Br. The van der Waals surface area contributed by atoms with E-state index >= 15 is 0 Å². The molecule has 1 aromatic heterocycles. The first-order valence-electron chi connectivity index (χ1n) is 3.85. The van der Waals surface area contributed by atoms with E-state index in [0.717, 1.165) is 0 Å². The highest BCUT2D eigenvalue weighted by Gasteiger charge is 2.27. The van der Waals surface area contributed by atoms with E-state index in [-0.39, 0.29) is 11.1 Å². The predicted octanol–water partition coefficient (Wildman–Crippen LogP) is 1.93. The average molecular weight is 303 g/mol. The van der Waals surface area contributed by atoms with Crippen LogP contribution in [0.2, 0.25) is 5.28 Å². The zero-order valence-corrected chi connectivity index (χ0v) is 9.69. The molecule has 4 nitrogen and oxygen atoms in total. The van der Waals surface area contributed by atoms with Crippen LogP contribution in [-0.4, -0.2) is 34.1 Å². The largest absolute Gasteiger partial charge is 0.390 e. The fourth-order valence-corrected chi connectivity index (χ4v) is 1.20. The Morgan fingerprint density at radius 3 is 2.87 bits per heavy atom. The van der Waals surface area contributed by atoms with E-state index in [2.05, 4.69) is 31.2 Å². The molecular formula is C7H7BrClF2N3O. The molecule has 0 aliphatic heterocycles. The minimum atomic E-state index is -3.20. The molecule has 0 unspecified atom stereocenters. The number of aliphatic hydroxyl groups excluding tert-OH is 1. The Bertz CT molecular complexity index is 353. The number of rotatable bonds is 4. The van der Waals surface area contributed by atoms with Crippen molar-refractivity contribution in [2.45, 2.75) is 5.92 Å². The van der Waals surface area contributed by atoms with E-state index in [9.17, 15) is 8.78 Å². The summed E-state index contributed by atoms with van der Waals surface area (Å²) in [5.41, 5.74) is 0. The Morgan fingerprint density at radius 1 is 1.60 bits per heavy atom. The van der Waals surface area contributed by atoms with Crippen molar-refractivity contribution in [2.24, 2.45) is 0 Å². The Hall–Kier alpha value is -0.530. The van der Waals surface area contributed by atoms with Gasteiger partial charge in [0.25, 0.3) is 5.92 Å². The summed E-state index contributed by atoms with van der Waals surface area (Å²) in [6.07, 6.45) is 1.34. The lowest BCUT2D eigenvalue weighted by Gasteiger charge is -2.14. The van der Waals surface area contributed by atoms with Gasteiger partial charge in [0, 0.05) is 6.20 Å². The van der Waals surface area contributed by atoms with E-state index in [1.54, 1.807) is 0 Å². The zero-order valence-electron chi connectivity index (χ0n) is 7.35. The molecule has 0 bridgehead atoms. The van der Waals surface area contributed by atoms with Crippen molar-refractivity contribution in [2.75, 3.05) is 18.5 Å². The van der Waals surface area contributed by atoms with Crippen LogP contribution in [0.15, 0.2) is 10.7 Å². The smallest absolute Gasteiger partial charge is 0.287 e. The van der Waals surface area contributed by atoms with Crippen LogP contribution >= 0.6 is 27.5 Å². The number of hydrogen-bond donors (Lipinski definition) is 2. The van der Waals surface area contributed by atoms with Gasteiger partial charge in [-0.3, -0.25) is 0 Å². The number of alkyl halides is 2. The first-order chi connectivity index (χ1) is 6.94. The third kappa shape index (κ3) is 3.84. The molecule has 0 saturated carbocycles. The maximum Gasteiger partial charge on any atom is 0.287 e. The van der Waals surface area contributed by atoms with Gasteiger partial charge in [-0.15, -0.1) is 0 Å². The second kappa shape index (κ2) is 5.00.